The van der Waals surface area contributed by atoms with Gasteiger partial charge in [-0.1, -0.05) is 18.2 Å². The maximum atomic E-state index is 10.9. The fourth-order valence-electron chi connectivity index (χ4n) is 2.62. The normalized spacial score (nSPS) is 16.5. The summed E-state index contributed by atoms with van der Waals surface area (Å²) in [6.07, 6.45) is 1.84. The highest BCUT2D eigenvalue weighted by molar-refractivity contribution is 5.75. The van der Waals surface area contributed by atoms with E-state index in [-0.39, 0.29) is 11.9 Å². The number of carbonyl (C=O) groups excluding carboxylic acids is 1. The summed E-state index contributed by atoms with van der Waals surface area (Å²) in [6, 6.07) is 9.95. The van der Waals surface area contributed by atoms with E-state index in [2.05, 4.69) is 20.4 Å². The number of piperidine rings is 1. The van der Waals surface area contributed by atoms with Crippen molar-refractivity contribution in [2.75, 3.05) is 25.0 Å². The molecule has 0 saturated carbocycles. The van der Waals surface area contributed by atoms with Crippen molar-refractivity contribution in [1.82, 2.24) is 15.0 Å². The Bertz CT molecular complexity index is 620. The molecule has 1 amide bonds. The van der Waals surface area contributed by atoms with Gasteiger partial charge in [0.15, 0.2) is 0 Å². The van der Waals surface area contributed by atoms with Crippen LogP contribution in [0.25, 0.3) is 11.5 Å². The summed E-state index contributed by atoms with van der Waals surface area (Å²) >= 11 is 0. The van der Waals surface area contributed by atoms with Crippen molar-refractivity contribution in [3.05, 3.63) is 30.3 Å². The summed E-state index contributed by atoms with van der Waals surface area (Å²) in [6.45, 7) is 2.00. The number of benzene rings is 1. The molecule has 1 fully saturated rings. The van der Waals surface area contributed by atoms with Gasteiger partial charge in [-0.3, -0.25) is 9.69 Å². The number of nitrogens with zero attached hydrogens (tertiary/aromatic N) is 3. The molecule has 2 heterocycles. The number of nitrogens with two attached hydrogens (primary N) is 1. The maximum Gasteiger partial charge on any atom is 0.263 e. The van der Waals surface area contributed by atoms with E-state index in [1.54, 1.807) is 0 Å². The van der Waals surface area contributed by atoms with Gasteiger partial charge in [0.25, 0.3) is 11.8 Å². The maximum absolute atomic E-state index is 10.9. The lowest BCUT2D eigenvalue weighted by Gasteiger charge is -2.30. The minimum absolute atomic E-state index is 0.280. The molecule has 116 valence electrons. The van der Waals surface area contributed by atoms with Gasteiger partial charge in [0.1, 0.15) is 0 Å². The number of anilines is 1. The van der Waals surface area contributed by atoms with Gasteiger partial charge in [-0.15, -0.1) is 0 Å². The Balaban J connectivity index is 1.55. The van der Waals surface area contributed by atoms with Crippen LogP contribution in [0.1, 0.15) is 12.8 Å². The van der Waals surface area contributed by atoms with Gasteiger partial charge in [-0.2, -0.15) is 4.98 Å². The largest absolute Gasteiger partial charge is 0.369 e. The summed E-state index contributed by atoms with van der Waals surface area (Å²) in [7, 11) is 0. The fraction of sp³-hybridized carbons (Fsp3) is 0.400. The summed E-state index contributed by atoms with van der Waals surface area (Å²) in [5.41, 5.74) is 6.11. The summed E-state index contributed by atoms with van der Waals surface area (Å²) in [5, 5.41) is 7.26. The SMILES string of the molecule is NC(=O)CN1CCC(Nc2noc(-c3ccccc3)n2)CC1. The summed E-state index contributed by atoms with van der Waals surface area (Å²) in [4.78, 5) is 17.3. The molecule has 1 aliphatic heterocycles. The predicted octanol–water partition coefficient (Wildman–Crippen LogP) is 1.10. The number of hydrogen-bond donors (Lipinski definition) is 2. The molecule has 0 aliphatic carbocycles. The molecule has 3 rings (SSSR count). The van der Waals surface area contributed by atoms with Gasteiger partial charge >= 0.3 is 0 Å². The van der Waals surface area contributed by atoms with Crippen LogP contribution in [0, 0.1) is 0 Å². The molecule has 22 heavy (non-hydrogen) atoms. The molecule has 7 nitrogen and oxygen atoms in total. The molecule has 1 aliphatic rings. The van der Waals surface area contributed by atoms with Crippen molar-refractivity contribution in [3.63, 3.8) is 0 Å². The van der Waals surface area contributed by atoms with E-state index in [4.69, 9.17) is 10.3 Å². The van der Waals surface area contributed by atoms with E-state index in [1.165, 1.54) is 0 Å². The van der Waals surface area contributed by atoms with E-state index < -0.39 is 0 Å². The lowest BCUT2D eigenvalue weighted by Crippen LogP contribution is -2.43. The molecule has 0 radical (unpaired) electrons. The van der Waals surface area contributed by atoms with Crippen LogP contribution in [-0.2, 0) is 4.79 Å². The first-order chi connectivity index (χ1) is 10.7. The van der Waals surface area contributed by atoms with Crippen LogP contribution in [-0.4, -0.2) is 46.6 Å². The lowest BCUT2D eigenvalue weighted by atomic mass is 10.1. The zero-order chi connectivity index (χ0) is 15.4. The molecule has 0 atom stereocenters. The zero-order valence-corrected chi connectivity index (χ0v) is 12.2. The topological polar surface area (TPSA) is 97.3 Å². The third-order valence-electron chi connectivity index (χ3n) is 3.75. The molecule has 7 heteroatoms. The molecule has 0 spiro atoms. The molecule has 1 aromatic heterocycles. The smallest absolute Gasteiger partial charge is 0.263 e. The lowest BCUT2D eigenvalue weighted by molar-refractivity contribution is -0.119. The average molecular weight is 301 g/mol. The number of rotatable bonds is 5. The van der Waals surface area contributed by atoms with Gasteiger partial charge in [0, 0.05) is 24.7 Å². The first-order valence-corrected chi connectivity index (χ1v) is 7.37. The van der Waals surface area contributed by atoms with Gasteiger partial charge < -0.3 is 15.6 Å². The Kier molecular flexibility index (Phi) is 4.34. The highest BCUT2D eigenvalue weighted by Crippen LogP contribution is 2.20. The molecular formula is C15H19N5O2. The van der Waals surface area contributed by atoms with Gasteiger partial charge in [-0.05, 0) is 30.1 Å². The third kappa shape index (κ3) is 3.62. The number of nitrogens with one attached hydrogen (secondary N) is 1. The van der Waals surface area contributed by atoms with Crippen LogP contribution in [0.3, 0.4) is 0 Å². The highest BCUT2D eigenvalue weighted by atomic mass is 16.5. The van der Waals surface area contributed by atoms with Crippen molar-refractivity contribution < 1.29 is 9.32 Å². The molecule has 1 saturated heterocycles. The highest BCUT2D eigenvalue weighted by Gasteiger charge is 2.21. The Morgan fingerprint density at radius 2 is 2.05 bits per heavy atom. The van der Waals surface area contributed by atoms with Crippen LogP contribution in [0.15, 0.2) is 34.9 Å². The van der Waals surface area contributed by atoms with Crippen molar-refractivity contribution >= 4 is 11.9 Å². The van der Waals surface area contributed by atoms with E-state index in [1.807, 2.05) is 30.3 Å². The second-order valence-electron chi connectivity index (χ2n) is 5.45. The minimum atomic E-state index is -0.280. The first-order valence-electron chi connectivity index (χ1n) is 7.37. The predicted molar refractivity (Wildman–Crippen MR) is 82.0 cm³/mol. The number of amides is 1. The number of hydrogen-bond acceptors (Lipinski definition) is 6. The van der Waals surface area contributed by atoms with E-state index in [0.29, 0.717) is 18.4 Å². The number of primary amides is 1. The number of likely N-dealkylation sites (tertiary alicyclic amines) is 1. The molecule has 1 aromatic carbocycles. The van der Waals surface area contributed by atoms with Gasteiger partial charge in [-0.25, -0.2) is 0 Å². The second-order valence-corrected chi connectivity index (χ2v) is 5.45. The van der Waals surface area contributed by atoms with Crippen LogP contribution >= 0.6 is 0 Å². The fourth-order valence-corrected chi connectivity index (χ4v) is 2.62. The molecule has 3 N–H and O–H groups in total. The Hall–Kier alpha value is -2.41. The minimum Gasteiger partial charge on any atom is -0.369 e. The number of aromatic nitrogens is 2. The van der Waals surface area contributed by atoms with E-state index in [0.717, 1.165) is 31.5 Å². The van der Waals surface area contributed by atoms with Crippen molar-refractivity contribution in [2.24, 2.45) is 5.73 Å². The molecule has 2 aromatic rings. The van der Waals surface area contributed by atoms with Crippen molar-refractivity contribution in [3.8, 4) is 11.5 Å². The second kappa shape index (κ2) is 6.57. The first kappa shape index (κ1) is 14.5. The van der Waals surface area contributed by atoms with Crippen molar-refractivity contribution in [1.29, 1.82) is 0 Å². The molecule has 0 unspecified atom stereocenters. The monoisotopic (exact) mass is 301 g/mol. The van der Waals surface area contributed by atoms with Crippen LogP contribution in [0.4, 0.5) is 5.95 Å². The van der Waals surface area contributed by atoms with E-state index in [9.17, 15) is 4.79 Å². The molecule has 0 bridgehead atoms. The van der Waals surface area contributed by atoms with Crippen LogP contribution < -0.4 is 11.1 Å². The quantitative estimate of drug-likeness (QED) is 0.858. The summed E-state index contributed by atoms with van der Waals surface area (Å²) < 4.78 is 5.27. The van der Waals surface area contributed by atoms with E-state index >= 15 is 0 Å². The third-order valence-corrected chi connectivity index (χ3v) is 3.75. The zero-order valence-electron chi connectivity index (χ0n) is 12.2. The Morgan fingerprint density at radius 3 is 2.73 bits per heavy atom. The Labute approximate surface area is 128 Å². The molecular weight excluding hydrogens is 282 g/mol. The van der Waals surface area contributed by atoms with Crippen LogP contribution in [0.2, 0.25) is 0 Å². The van der Waals surface area contributed by atoms with Crippen LogP contribution in [0.5, 0.6) is 0 Å². The Morgan fingerprint density at radius 1 is 1.32 bits per heavy atom. The number of carbonyl (C=O) groups is 1. The average Bonchev–Trinajstić information content (AvgIpc) is 2.98. The van der Waals surface area contributed by atoms with Gasteiger partial charge in [0.2, 0.25) is 5.91 Å². The van der Waals surface area contributed by atoms with Crippen molar-refractivity contribution in [2.45, 2.75) is 18.9 Å². The standard InChI is InChI=1S/C15H19N5O2/c16-13(21)10-20-8-6-12(7-9-20)17-15-18-14(22-19-15)11-4-2-1-3-5-11/h1-5,12H,6-10H2,(H2,16,21)(H,17,19). The van der Waals surface area contributed by atoms with Gasteiger partial charge in [0.05, 0.1) is 6.54 Å². The summed E-state index contributed by atoms with van der Waals surface area (Å²) in [5.74, 6) is 0.735.